The minimum absolute atomic E-state index is 0.0900. The van der Waals surface area contributed by atoms with Gasteiger partial charge in [0, 0.05) is 22.0 Å². The van der Waals surface area contributed by atoms with Crippen molar-refractivity contribution >= 4 is 38.8 Å². The molecule has 0 aliphatic carbocycles. The van der Waals surface area contributed by atoms with Crippen LogP contribution in [0.4, 0.5) is 4.39 Å². The summed E-state index contributed by atoms with van der Waals surface area (Å²) in [6.07, 6.45) is -0.192. The Labute approximate surface area is 173 Å². The van der Waals surface area contributed by atoms with Crippen molar-refractivity contribution in [3.05, 3.63) is 86.3 Å². The number of ether oxygens (including phenoxy) is 1. The first kappa shape index (κ1) is 17.6. The molecule has 0 radical (unpaired) electrons. The lowest BCUT2D eigenvalue weighted by Crippen LogP contribution is -2.45. The molecule has 140 valence electrons. The Bertz CT molecular complexity index is 1080. The second-order valence-corrected chi connectivity index (χ2v) is 8.51. The predicted octanol–water partition coefficient (Wildman–Crippen LogP) is 5.40. The van der Waals surface area contributed by atoms with Gasteiger partial charge in [-0.25, -0.2) is 9.40 Å². The van der Waals surface area contributed by atoms with Gasteiger partial charge in [-0.1, -0.05) is 22.0 Å². The second-order valence-electron chi connectivity index (χ2n) is 6.65. The third kappa shape index (κ3) is 2.95. The number of Topliss-reactive ketones (excluding diaryl/α,β-unsaturated/α-hetero) is 1. The van der Waals surface area contributed by atoms with Gasteiger partial charge in [-0.2, -0.15) is 5.10 Å². The van der Waals surface area contributed by atoms with Gasteiger partial charge in [0.05, 0.1) is 16.6 Å². The summed E-state index contributed by atoms with van der Waals surface area (Å²) in [4.78, 5) is 14.2. The van der Waals surface area contributed by atoms with Crippen LogP contribution in [0.25, 0.3) is 0 Å². The van der Waals surface area contributed by atoms with E-state index in [2.05, 4.69) is 15.9 Å². The smallest absolute Gasteiger partial charge is 0.251 e. The van der Waals surface area contributed by atoms with Crippen molar-refractivity contribution < 1.29 is 13.9 Å². The summed E-state index contributed by atoms with van der Waals surface area (Å²) >= 11 is 5.14. The van der Waals surface area contributed by atoms with Crippen LogP contribution in [0.15, 0.2) is 69.6 Å². The topological polar surface area (TPSA) is 41.9 Å². The molecule has 5 rings (SSSR count). The molecule has 1 aromatic heterocycles. The summed E-state index contributed by atoms with van der Waals surface area (Å²) in [5.41, 5.74) is 2.33. The quantitative estimate of drug-likeness (QED) is 0.495. The zero-order valence-electron chi connectivity index (χ0n) is 14.5. The summed E-state index contributed by atoms with van der Waals surface area (Å²) < 4.78 is 20.3. The van der Waals surface area contributed by atoms with E-state index < -0.39 is 6.23 Å². The van der Waals surface area contributed by atoms with Crippen LogP contribution in [0.3, 0.4) is 0 Å². The number of fused-ring (bicyclic) bond motifs is 3. The van der Waals surface area contributed by atoms with Gasteiger partial charge in [-0.05, 0) is 53.9 Å². The first-order valence-corrected chi connectivity index (χ1v) is 10.4. The summed E-state index contributed by atoms with van der Waals surface area (Å²) in [5.74, 6) is 0.0515. The molecule has 2 aliphatic rings. The highest BCUT2D eigenvalue weighted by molar-refractivity contribution is 9.10. The van der Waals surface area contributed by atoms with Crippen molar-refractivity contribution in [3.8, 4) is 5.75 Å². The molecule has 4 nitrogen and oxygen atoms in total. The Morgan fingerprint density at radius 2 is 2.04 bits per heavy atom. The summed E-state index contributed by atoms with van der Waals surface area (Å²) in [6, 6.07) is 15.2. The number of hydrogen-bond acceptors (Lipinski definition) is 5. The van der Waals surface area contributed by atoms with Crippen molar-refractivity contribution in [1.29, 1.82) is 0 Å². The van der Waals surface area contributed by atoms with Crippen LogP contribution in [0.2, 0.25) is 0 Å². The van der Waals surface area contributed by atoms with Crippen molar-refractivity contribution in [3.63, 3.8) is 0 Å². The van der Waals surface area contributed by atoms with E-state index in [4.69, 9.17) is 9.84 Å². The number of nitrogens with zero attached hydrogens (tertiary/aromatic N) is 2. The van der Waals surface area contributed by atoms with Gasteiger partial charge in [0.2, 0.25) is 5.78 Å². The highest BCUT2D eigenvalue weighted by Crippen LogP contribution is 2.44. The zero-order chi connectivity index (χ0) is 19.3. The third-order valence-corrected chi connectivity index (χ3v) is 6.32. The third-order valence-electron chi connectivity index (χ3n) is 4.91. The number of halogens is 2. The second kappa shape index (κ2) is 6.83. The van der Waals surface area contributed by atoms with Gasteiger partial charge in [-0.3, -0.25) is 4.79 Å². The Morgan fingerprint density at radius 1 is 1.21 bits per heavy atom. The molecule has 3 heterocycles. The fourth-order valence-corrected chi connectivity index (χ4v) is 4.68. The number of hydrogen-bond donors (Lipinski definition) is 0. The van der Waals surface area contributed by atoms with Gasteiger partial charge in [0.15, 0.2) is 0 Å². The van der Waals surface area contributed by atoms with E-state index in [9.17, 15) is 9.18 Å². The molecule has 0 bridgehead atoms. The molecule has 0 unspecified atom stereocenters. The molecule has 3 aromatic rings. The van der Waals surface area contributed by atoms with E-state index in [-0.39, 0.29) is 17.6 Å². The van der Waals surface area contributed by atoms with E-state index in [1.54, 1.807) is 16.3 Å². The lowest BCUT2D eigenvalue weighted by atomic mass is 9.97. The minimum atomic E-state index is -0.887. The summed E-state index contributed by atoms with van der Waals surface area (Å²) in [6.45, 7) is 0. The highest BCUT2D eigenvalue weighted by Gasteiger charge is 2.43. The van der Waals surface area contributed by atoms with Crippen LogP contribution in [-0.2, 0) is 0 Å². The molecule has 7 heteroatoms. The molecule has 28 heavy (non-hydrogen) atoms. The van der Waals surface area contributed by atoms with Crippen LogP contribution in [0.1, 0.15) is 33.3 Å². The molecule has 0 fully saturated rings. The van der Waals surface area contributed by atoms with Crippen LogP contribution >= 0.6 is 27.3 Å². The van der Waals surface area contributed by atoms with E-state index in [0.717, 1.165) is 20.6 Å². The van der Waals surface area contributed by atoms with Gasteiger partial charge in [0.1, 0.15) is 11.6 Å². The van der Waals surface area contributed by atoms with Gasteiger partial charge in [-0.15, -0.1) is 11.3 Å². The number of benzene rings is 2. The van der Waals surface area contributed by atoms with Gasteiger partial charge >= 0.3 is 0 Å². The zero-order valence-corrected chi connectivity index (χ0v) is 16.9. The average molecular weight is 457 g/mol. The monoisotopic (exact) mass is 456 g/mol. The first-order valence-electron chi connectivity index (χ1n) is 8.76. The lowest BCUT2D eigenvalue weighted by molar-refractivity contribution is -0.00459. The Morgan fingerprint density at radius 3 is 2.79 bits per heavy atom. The largest absolute Gasteiger partial charge is 0.461 e. The highest BCUT2D eigenvalue weighted by atomic mass is 79.9. The van der Waals surface area contributed by atoms with E-state index in [1.165, 1.54) is 24.3 Å². The maximum atomic E-state index is 13.3. The van der Waals surface area contributed by atoms with Crippen molar-refractivity contribution in [2.24, 2.45) is 5.10 Å². The number of thiophene rings is 1. The van der Waals surface area contributed by atoms with Crippen LogP contribution in [0, 0.1) is 5.82 Å². The molecule has 2 aromatic carbocycles. The number of carbonyl (C=O) groups is 1. The normalized spacial score (nSPS) is 20.2. The fourth-order valence-electron chi connectivity index (χ4n) is 3.58. The minimum Gasteiger partial charge on any atom is -0.461 e. The predicted molar refractivity (Wildman–Crippen MR) is 109 cm³/mol. The molecule has 2 aliphatic heterocycles. The maximum absolute atomic E-state index is 13.3. The van der Waals surface area contributed by atoms with Crippen molar-refractivity contribution in [1.82, 2.24) is 5.01 Å². The fraction of sp³-hybridized carbons (Fsp3) is 0.143. The number of ketones is 1. The molecule has 0 N–H and O–H groups in total. The van der Waals surface area contributed by atoms with E-state index in [1.807, 2.05) is 35.7 Å². The standard InChI is InChI=1S/C21H14BrFN2O2S/c22-13-5-8-18-15(10-13)17-11-16(19-2-1-9-28-19)24-25(17)21(27-18)20(26)12-3-6-14(23)7-4-12/h1-10,17,21H,11H2/t17-,21+/m1/s1. The van der Waals surface area contributed by atoms with E-state index >= 15 is 0 Å². The average Bonchev–Trinajstić information content (AvgIpc) is 3.37. The molecular formula is C21H14BrFN2O2S. The molecule has 2 atom stereocenters. The Balaban J connectivity index is 1.57. The van der Waals surface area contributed by atoms with Crippen LogP contribution in [0.5, 0.6) is 5.75 Å². The van der Waals surface area contributed by atoms with Crippen LogP contribution in [-0.4, -0.2) is 22.7 Å². The Hall–Kier alpha value is -2.51. The summed E-state index contributed by atoms with van der Waals surface area (Å²) in [5, 5.41) is 8.51. The molecule has 0 saturated heterocycles. The SMILES string of the molecule is O=C(c1ccc(F)cc1)[C@@H]1Oc2ccc(Br)cc2[C@H]2CC(c3cccs3)=NN21. The summed E-state index contributed by atoms with van der Waals surface area (Å²) in [7, 11) is 0. The molecular weight excluding hydrogens is 443 g/mol. The number of rotatable bonds is 3. The number of carbonyl (C=O) groups excluding carboxylic acids is 1. The molecule has 0 amide bonds. The number of hydrazone groups is 1. The van der Waals surface area contributed by atoms with E-state index in [0.29, 0.717) is 17.7 Å². The van der Waals surface area contributed by atoms with Gasteiger partial charge < -0.3 is 4.74 Å². The van der Waals surface area contributed by atoms with Gasteiger partial charge in [0.25, 0.3) is 6.23 Å². The van der Waals surface area contributed by atoms with Crippen molar-refractivity contribution in [2.45, 2.75) is 18.7 Å². The first-order chi connectivity index (χ1) is 13.6. The lowest BCUT2D eigenvalue weighted by Gasteiger charge is -2.37. The molecule has 0 saturated carbocycles. The van der Waals surface area contributed by atoms with Crippen LogP contribution < -0.4 is 4.74 Å². The maximum Gasteiger partial charge on any atom is 0.251 e. The van der Waals surface area contributed by atoms with Crippen molar-refractivity contribution in [2.75, 3.05) is 0 Å². The molecule has 0 spiro atoms. The Kier molecular flexibility index (Phi) is 4.29.